The highest BCUT2D eigenvalue weighted by Gasteiger charge is 2.15. The van der Waals surface area contributed by atoms with Crippen molar-refractivity contribution in [3.63, 3.8) is 0 Å². The first-order valence-corrected chi connectivity index (χ1v) is 6.28. The highest BCUT2D eigenvalue weighted by Crippen LogP contribution is 2.31. The number of nitrogens with two attached hydrogens (primary N) is 1. The standard InChI is InChI=1S/C11H15N5OS/c1-16(5-8-3-4-18-6-8)11-9(17-2)10(15-12)13-7-14-11/h3-4,6-7H,5,12H2,1-2H3,(H,13,14,15). The Labute approximate surface area is 109 Å². The van der Waals surface area contributed by atoms with Gasteiger partial charge in [-0.25, -0.2) is 15.8 Å². The van der Waals surface area contributed by atoms with Crippen LogP contribution in [0.5, 0.6) is 5.75 Å². The molecule has 0 aliphatic carbocycles. The molecule has 0 fully saturated rings. The molecule has 3 N–H and O–H groups in total. The Hall–Kier alpha value is -1.86. The number of hydrogen-bond acceptors (Lipinski definition) is 7. The maximum Gasteiger partial charge on any atom is 0.205 e. The van der Waals surface area contributed by atoms with Gasteiger partial charge in [-0.05, 0) is 22.4 Å². The zero-order chi connectivity index (χ0) is 13.0. The Morgan fingerprint density at radius 3 is 2.94 bits per heavy atom. The van der Waals surface area contributed by atoms with Gasteiger partial charge in [0.1, 0.15) is 6.33 Å². The van der Waals surface area contributed by atoms with Gasteiger partial charge in [0.2, 0.25) is 5.75 Å². The minimum absolute atomic E-state index is 0.472. The van der Waals surface area contributed by atoms with E-state index in [0.29, 0.717) is 17.4 Å². The molecule has 2 rings (SSSR count). The molecule has 6 nitrogen and oxygen atoms in total. The number of hydrogen-bond donors (Lipinski definition) is 2. The van der Waals surface area contributed by atoms with E-state index in [2.05, 4.69) is 26.8 Å². The van der Waals surface area contributed by atoms with E-state index in [0.717, 1.165) is 6.54 Å². The molecule has 0 aliphatic rings. The fourth-order valence-corrected chi connectivity index (χ4v) is 2.32. The molecule has 0 saturated carbocycles. The van der Waals surface area contributed by atoms with Crippen molar-refractivity contribution < 1.29 is 4.74 Å². The summed E-state index contributed by atoms with van der Waals surface area (Å²) in [5.41, 5.74) is 3.73. The molecular weight excluding hydrogens is 250 g/mol. The third-order valence-electron chi connectivity index (χ3n) is 2.49. The summed E-state index contributed by atoms with van der Waals surface area (Å²) in [4.78, 5) is 10.2. The predicted molar refractivity (Wildman–Crippen MR) is 72.8 cm³/mol. The number of hydrazine groups is 1. The Morgan fingerprint density at radius 1 is 1.50 bits per heavy atom. The van der Waals surface area contributed by atoms with Gasteiger partial charge >= 0.3 is 0 Å². The number of thiophene rings is 1. The molecule has 0 aromatic carbocycles. The first-order chi connectivity index (χ1) is 8.76. The number of rotatable bonds is 5. The van der Waals surface area contributed by atoms with Crippen molar-refractivity contribution in [2.75, 3.05) is 24.5 Å². The first-order valence-electron chi connectivity index (χ1n) is 5.34. The van der Waals surface area contributed by atoms with Crippen molar-refractivity contribution in [3.8, 4) is 5.75 Å². The van der Waals surface area contributed by atoms with Gasteiger partial charge in [-0.15, -0.1) is 0 Å². The van der Waals surface area contributed by atoms with E-state index in [9.17, 15) is 0 Å². The second-order valence-corrected chi connectivity index (χ2v) is 4.49. The quantitative estimate of drug-likeness (QED) is 0.630. The number of nitrogen functional groups attached to an aromatic ring is 1. The van der Waals surface area contributed by atoms with Crippen molar-refractivity contribution in [2.45, 2.75) is 6.54 Å². The van der Waals surface area contributed by atoms with E-state index in [4.69, 9.17) is 10.6 Å². The van der Waals surface area contributed by atoms with E-state index >= 15 is 0 Å². The largest absolute Gasteiger partial charge is 0.490 e. The van der Waals surface area contributed by atoms with Crippen LogP contribution < -0.4 is 20.9 Å². The molecule has 18 heavy (non-hydrogen) atoms. The van der Waals surface area contributed by atoms with Crippen LogP contribution in [0.3, 0.4) is 0 Å². The summed E-state index contributed by atoms with van der Waals surface area (Å²) in [6.07, 6.45) is 1.46. The van der Waals surface area contributed by atoms with E-state index in [1.165, 1.54) is 11.9 Å². The number of nitrogens with zero attached hydrogens (tertiary/aromatic N) is 3. The lowest BCUT2D eigenvalue weighted by Gasteiger charge is -2.20. The van der Waals surface area contributed by atoms with E-state index < -0.39 is 0 Å². The van der Waals surface area contributed by atoms with E-state index in [1.807, 2.05) is 17.3 Å². The third-order valence-corrected chi connectivity index (χ3v) is 3.22. The molecule has 2 aromatic heterocycles. The van der Waals surface area contributed by atoms with Crippen LogP contribution in [0.2, 0.25) is 0 Å². The van der Waals surface area contributed by atoms with E-state index in [1.54, 1.807) is 18.4 Å². The molecule has 0 amide bonds. The lowest BCUT2D eigenvalue weighted by atomic mass is 10.3. The summed E-state index contributed by atoms with van der Waals surface area (Å²) in [6, 6.07) is 2.08. The SMILES string of the molecule is COc1c(NN)ncnc1N(C)Cc1ccsc1. The fourth-order valence-electron chi connectivity index (χ4n) is 1.66. The van der Waals surface area contributed by atoms with Crippen molar-refractivity contribution in [3.05, 3.63) is 28.7 Å². The van der Waals surface area contributed by atoms with Crippen LogP contribution in [-0.2, 0) is 6.54 Å². The number of ether oxygens (including phenoxy) is 1. The Balaban J connectivity index is 2.26. The van der Waals surface area contributed by atoms with Crippen LogP contribution in [0.4, 0.5) is 11.6 Å². The summed E-state index contributed by atoms with van der Waals surface area (Å²) in [5, 5.41) is 4.15. The Kier molecular flexibility index (Phi) is 3.96. The molecule has 2 heterocycles. The summed E-state index contributed by atoms with van der Waals surface area (Å²) in [6.45, 7) is 0.751. The van der Waals surface area contributed by atoms with Gasteiger partial charge in [-0.2, -0.15) is 11.3 Å². The molecule has 7 heteroatoms. The number of nitrogens with one attached hydrogen (secondary N) is 1. The predicted octanol–water partition coefficient (Wildman–Crippen LogP) is 1.47. The van der Waals surface area contributed by atoms with Gasteiger partial charge in [0.05, 0.1) is 7.11 Å². The van der Waals surface area contributed by atoms with Crippen molar-refractivity contribution in [1.82, 2.24) is 9.97 Å². The Morgan fingerprint density at radius 2 is 2.33 bits per heavy atom. The number of anilines is 2. The van der Waals surface area contributed by atoms with Crippen molar-refractivity contribution in [2.24, 2.45) is 5.84 Å². The highest BCUT2D eigenvalue weighted by atomic mass is 32.1. The maximum absolute atomic E-state index is 5.39. The van der Waals surface area contributed by atoms with Crippen LogP contribution in [0, 0.1) is 0 Å². The molecule has 0 radical (unpaired) electrons. The number of aromatic nitrogens is 2. The molecule has 0 saturated heterocycles. The lowest BCUT2D eigenvalue weighted by molar-refractivity contribution is 0.412. The molecule has 0 unspecified atom stereocenters. The van der Waals surface area contributed by atoms with Crippen LogP contribution in [-0.4, -0.2) is 24.1 Å². The summed E-state index contributed by atoms with van der Waals surface area (Å²) in [7, 11) is 3.52. The van der Waals surface area contributed by atoms with Gasteiger partial charge in [0.25, 0.3) is 0 Å². The van der Waals surface area contributed by atoms with Gasteiger partial charge in [0.15, 0.2) is 11.6 Å². The summed E-state index contributed by atoms with van der Waals surface area (Å²) < 4.78 is 5.30. The third kappa shape index (κ3) is 2.52. The lowest BCUT2D eigenvalue weighted by Crippen LogP contribution is -2.20. The number of methoxy groups -OCH3 is 1. The average molecular weight is 265 g/mol. The van der Waals surface area contributed by atoms with Crippen LogP contribution in [0.1, 0.15) is 5.56 Å². The van der Waals surface area contributed by atoms with Gasteiger partial charge < -0.3 is 15.1 Å². The van der Waals surface area contributed by atoms with E-state index in [-0.39, 0.29) is 0 Å². The molecule has 0 bridgehead atoms. The van der Waals surface area contributed by atoms with Gasteiger partial charge in [0, 0.05) is 13.6 Å². The molecule has 96 valence electrons. The molecule has 0 aliphatic heterocycles. The molecule has 0 atom stereocenters. The van der Waals surface area contributed by atoms with Crippen molar-refractivity contribution in [1.29, 1.82) is 0 Å². The minimum Gasteiger partial charge on any atom is -0.490 e. The molecule has 2 aromatic rings. The topological polar surface area (TPSA) is 76.3 Å². The highest BCUT2D eigenvalue weighted by molar-refractivity contribution is 7.07. The Bertz CT molecular complexity index is 502. The average Bonchev–Trinajstić information content (AvgIpc) is 2.90. The molecular formula is C11H15N5OS. The zero-order valence-corrected chi connectivity index (χ0v) is 11.1. The smallest absolute Gasteiger partial charge is 0.205 e. The molecule has 0 spiro atoms. The van der Waals surface area contributed by atoms with Gasteiger partial charge in [-0.3, -0.25) is 0 Å². The van der Waals surface area contributed by atoms with Crippen LogP contribution in [0.15, 0.2) is 23.2 Å². The second kappa shape index (κ2) is 5.65. The normalized spacial score (nSPS) is 10.2. The van der Waals surface area contributed by atoms with Gasteiger partial charge in [-0.1, -0.05) is 0 Å². The van der Waals surface area contributed by atoms with Crippen molar-refractivity contribution >= 4 is 23.0 Å². The summed E-state index contributed by atoms with van der Waals surface area (Å²) in [5.74, 6) is 7.11. The van der Waals surface area contributed by atoms with Crippen LogP contribution in [0.25, 0.3) is 0 Å². The zero-order valence-electron chi connectivity index (χ0n) is 10.3. The maximum atomic E-state index is 5.39. The van der Waals surface area contributed by atoms with Crippen LogP contribution >= 0.6 is 11.3 Å². The summed E-state index contributed by atoms with van der Waals surface area (Å²) >= 11 is 1.67. The fraction of sp³-hybridized carbons (Fsp3) is 0.273. The minimum atomic E-state index is 0.472. The first kappa shape index (κ1) is 12.6. The monoisotopic (exact) mass is 265 g/mol. The second-order valence-electron chi connectivity index (χ2n) is 3.71.